The van der Waals surface area contributed by atoms with Crippen molar-refractivity contribution in [2.24, 2.45) is 0 Å². The van der Waals surface area contributed by atoms with Gasteiger partial charge in [-0.2, -0.15) is 0 Å². The van der Waals surface area contributed by atoms with E-state index in [0.29, 0.717) is 18.2 Å². The molecular formula is C14H18N2O3. The van der Waals surface area contributed by atoms with Crippen LogP contribution in [0.4, 0.5) is 0 Å². The summed E-state index contributed by atoms with van der Waals surface area (Å²) in [5.41, 5.74) is 0.672. The highest BCUT2D eigenvalue weighted by Gasteiger charge is 2.19. The Kier molecular flexibility index (Phi) is 4.52. The number of carboxylic acids is 1. The molecule has 1 aliphatic rings. The van der Waals surface area contributed by atoms with E-state index in [1.54, 1.807) is 0 Å². The highest BCUT2D eigenvalue weighted by Crippen LogP contribution is 2.18. The number of hydrogen-bond donors (Lipinski definition) is 3. The maximum absolute atomic E-state index is 11.8. The van der Waals surface area contributed by atoms with Gasteiger partial charge in [0.2, 0.25) is 0 Å². The smallest absolute Gasteiger partial charge is 0.335 e. The molecule has 0 bridgehead atoms. The molecule has 0 aliphatic heterocycles. The number of benzene rings is 1. The molecule has 1 aromatic rings. The number of rotatable bonds is 7. The molecule has 1 amide bonds. The maximum Gasteiger partial charge on any atom is 0.335 e. The minimum Gasteiger partial charge on any atom is -0.478 e. The second kappa shape index (κ2) is 6.33. The molecule has 0 atom stereocenters. The van der Waals surface area contributed by atoms with Crippen molar-refractivity contribution in [1.29, 1.82) is 0 Å². The topological polar surface area (TPSA) is 78.4 Å². The minimum absolute atomic E-state index is 0.164. The average Bonchev–Trinajstić information content (AvgIpc) is 3.22. The minimum atomic E-state index is -0.988. The second-order valence-electron chi connectivity index (χ2n) is 4.72. The summed E-state index contributed by atoms with van der Waals surface area (Å²) in [6.45, 7) is 1.54. The van der Waals surface area contributed by atoms with Gasteiger partial charge >= 0.3 is 5.97 Å². The molecule has 0 spiro atoms. The van der Waals surface area contributed by atoms with Crippen LogP contribution in [-0.2, 0) is 0 Å². The third kappa shape index (κ3) is 4.37. The van der Waals surface area contributed by atoms with Gasteiger partial charge in [0, 0.05) is 18.2 Å². The van der Waals surface area contributed by atoms with E-state index in [1.165, 1.54) is 37.1 Å². The fraction of sp³-hybridized carbons (Fsp3) is 0.429. The monoisotopic (exact) mass is 262 g/mol. The summed E-state index contributed by atoms with van der Waals surface area (Å²) >= 11 is 0. The van der Waals surface area contributed by atoms with Crippen LogP contribution in [0.3, 0.4) is 0 Å². The van der Waals surface area contributed by atoms with E-state index in [2.05, 4.69) is 10.6 Å². The predicted molar refractivity (Wildman–Crippen MR) is 71.4 cm³/mol. The van der Waals surface area contributed by atoms with Crippen LogP contribution in [0, 0.1) is 0 Å². The van der Waals surface area contributed by atoms with Crippen molar-refractivity contribution in [3.63, 3.8) is 0 Å². The highest BCUT2D eigenvalue weighted by atomic mass is 16.4. The molecule has 3 N–H and O–H groups in total. The lowest BCUT2D eigenvalue weighted by atomic mass is 10.1. The van der Waals surface area contributed by atoms with Crippen molar-refractivity contribution < 1.29 is 14.7 Å². The number of amides is 1. The molecule has 0 unspecified atom stereocenters. The van der Waals surface area contributed by atoms with E-state index in [-0.39, 0.29) is 11.5 Å². The number of carbonyl (C=O) groups is 2. The number of nitrogens with one attached hydrogen (secondary N) is 2. The molecule has 1 saturated carbocycles. The van der Waals surface area contributed by atoms with Crippen LogP contribution in [0.1, 0.15) is 40.0 Å². The van der Waals surface area contributed by atoms with Crippen LogP contribution in [0.2, 0.25) is 0 Å². The molecule has 0 aromatic heterocycles. The third-order valence-electron chi connectivity index (χ3n) is 3.04. The first-order valence-electron chi connectivity index (χ1n) is 6.52. The van der Waals surface area contributed by atoms with E-state index in [4.69, 9.17) is 5.11 Å². The molecule has 2 rings (SSSR count). The van der Waals surface area contributed by atoms with Crippen LogP contribution in [-0.4, -0.2) is 36.1 Å². The summed E-state index contributed by atoms with van der Waals surface area (Å²) in [5, 5.41) is 14.9. The molecule has 1 aliphatic carbocycles. The normalized spacial score (nSPS) is 14.1. The molecule has 0 heterocycles. The molecule has 0 radical (unpaired) electrons. The molecule has 1 fully saturated rings. The zero-order valence-corrected chi connectivity index (χ0v) is 10.7. The summed E-state index contributed by atoms with van der Waals surface area (Å²) in [6, 6.07) is 6.62. The van der Waals surface area contributed by atoms with Gasteiger partial charge in [0.1, 0.15) is 0 Å². The Morgan fingerprint density at radius 3 is 2.32 bits per heavy atom. The van der Waals surface area contributed by atoms with Gasteiger partial charge in [-0.05, 0) is 50.1 Å². The van der Waals surface area contributed by atoms with Crippen molar-refractivity contribution >= 4 is 11.9 Å². The second-order valence-corrected chi connectivity index (χ2v) is 4.72. The number of aromatic carboxylic acids is 1. The van der Waals surface area contributed by atoms with E-state index >= 15 is 0 Å². The van der Waals surface area contributed by atoms with Gasteiger partial charge in [0.25, 0.3) is 5.91 Å². The van der Waals surface area contributed by atoms with Gasteiger partial charge in [0.15, 0.2) is 0 Å². The van der Waals surface area contributed by atoms with E-state index < -0.39 is 5.97 Å². The Labute approximate surface area is 112 Å². The number of carbonyl (C=O) groups excluding carboxylic acids is 1. The van der Waals surface area contributed by atoms with Crippen molar-refractivity contribution in [2.45, 2.75) is 25.3 Å². The maximum atomic E-state index is 11.8. The SMILES string of the molecule is O=C(O)c1ccc(C(=O)NCCCNC2CC2)cc1. The van der Waals surface area contributed by atoms with Crippen LogP contribution in [0.5, 0.6) is 0 Å². The first kappa shape index (κ1) is 13.5. The van der Waals surface area contributed by atoms with E-state index in [0.717, 1.165) is 13.0 Å². The Morgan fingerprint density at radius 1 is 1.11 bits per heavy atom. The van der Waals surface area contributed by atoms with Gasteiger partial charge in [-0.3, -0.25) is 4.79 Å². The lowest BCUT2D eigenvalue weighted by Crippen LogP contribution is -2.27. The van der Waals surface area contributed by atoms with Crippen LogP contribution in [0.25, 0.3) is 0 Å². The Morgan fingerprint density at radius 2 is 1.74 bits per heavy atom. The average molecular weight is 262 g/mol. The van der Waals surface area contributed by atoms with Crippen LogP contribution in [0.15, 0.2) is 24.3 Å². The van der Waals surface area contributed by atoms with Gasteiger partial charge in [0.05, 0.1) is 5.56 Å². The summed E-state index contributed by atoms with van der Waals surface area (Å²) in [6.07, 6.45) is 3.43. The zero-order valence-electron chi connectivity index (χ0n) is 10.7. The molecular weight excluding hydrogens is 244 g/mol. The summed E-state index contributed by atoms with van der Waals surface area (Å²) < 4.78 is 0. The van der Waals surface area contributed by atoms with Gasteiger partial charge < -0.3 is 15.7 Å². The summed E-state index contributed by atoms with van der Waals surface area (Å²) in [5.74, 6) is -1.15. The first-order chi connectivity index (χ1) is 9.16. The molecule has 5 nitrogen and oxygen atoms in total. The molecule has 19 heavy (non-hydrogen) atoms. The lowest BCUT2D eigenvalue weighted by molar-refractivity contribution is 0.0696. The predicted octanol–water partition coefficient (Wildman–Crippen LogP) is 1.26. The first-order valence-corrected chi connectivity index (χ1v) is 6.52. The van der Waals surface area contributed by atoms with Crippen molar-refractivity contribution in [3.8, 4) is 0 Å². The fourth-order valence-corrected chi connectivity index (χ4v) is 1.75. The Balaban J connectivity index is 1.70. The largest absolute Gasteiger partial charge is 0.478 e. The summed E-state index contributed by atoms with van der Waals surface area (Å²) in [4.78, 5) is 22.4. The summed E-state index contributed by atoms with van der Waals surface area (Å²) in [7, 11) is 0. The lowest BCUT2D eigenvalue weighted by Gasteiger charge is -2.06. The van der Waals surface area contributed by atoms with Crippen molar-refractivity contribution in [3.05, 3.63) is 35.4 Å². The van der Waals surface area contributed by atoms with Gasteiger partial charge in [-0.1, -0.05) is 0 Å². The van der Waals surface area contributed by atoms with Crippen molar-refractivity contribution in [2.75, 3.05) is 13.1 Å². The van der Waals surface area contributed by atoms with Gasteiger partial charge in [-0.25, -0.2) is 4.79 Å². The van der Waals surface area contributed by atoms with Crippen molar-refractivity contribution in [1.82, 2.24) is 10.6 Å². The van der Waals surface area contributed by atoms with Gasteiger partial charge in [-0.15, -0.1) is 0 Å². The number of carboxylic acid groups (broad SMARTS) is 1. The third-order valence-corrected chi connectivity index (χ3v) is 3.04. The molecule has 5 heteroatoms. The molecule has 0 saturated heterocycles. The standard InChI is InChI=1S/C14H18N2O3/c17-13(16-9-1-8-15-12-6-7-12)10-2-4-11(5-3-10)14(18)19/h2-5,12,15H,1,6-9H2,(H,16,17)(H,18,19). The highest BCUT2D eigenvalue weighted by molar-refractivity contribution is 5.95. The van der Waals surface area contributed by atoms with E-state index in [1.807, 2.05) is 0 Å². The quantitative estimate of drug-likeness (QED) is 0.646. The van der Waals surface area contributed by atoms with Crippen LogP contribution >= 0.6 is 0 Å². The Hall–Kier alpha value is -1.88. The number of hydrogen-bond acceptors (Lipinski definition) is 3. The fourth-order valence-electron chi connectivity index (χ4n) is 1.75. The van der Waals surface area contributed by atoms with E-state index in [9.17, 15) is 9.59 Å². The molecule has 102 valence electrons. The molecule has 1 aromatic carbocycles. The zero-order chi connectivity index (χ0) is 13.7. The Bertz CT molecular complexity index is 452. The van der Waals surface area contributed by atoms with Crippen LogP contribution < -0.4 is 10.6 Å².